The smallest absolute Gasteiger partial charge is 0.416 e. The average Bonchev–Trinajstić information content (AvgIpc) is 3.67. The molecule has 6 nitrogen and oxygen atoms in total. The zero-order valence-corrected chi connectivity index (χ0v) is 22.3. The van der Waals surface area contributed by atoms with Crippen LogP contribution >= 0.6 is 0 Å². The molecule has 0 aromatic heterocycles. The monoisotopic (exact) mass is 554 g/mol. The van der Waals surface area contributed by atoms with E-state index >= 15 is 0 Å². The van der Waals surface area contributed by atoms with Gasteiger partial charge in [-0.25, -0.2) is 0 Å². The number of aryl methyl sites for hydroxylation is 1. The van der Waals surface area contributed by atoms with Crippen molar-refractivity contribution in [3.05, 3.63) is 70.8 Å². The van der Waals surface area contributed by atoms with Crippen LogP contribution in [0.25, 0.3) is 0 Å². The summed E-state index contributed by atoms with van der Waals surface area (Å²) in [5, 5.41) is 23.3. The third kappa shape index (κ3) is 3.66. The molecule has 1 saturated carbocycles. The first-order valence-electron chi connectivity index (χ1n) is 14.1. The molecule has 2 N–H and O–H groups in total. The van der Waals surface area contributed by atoms with Gasteiger partial charge in [0, 0.05) is 31.6 Å². The number of ether oxygens (including phenoxy) is 1. The van der Waals surface area contributed by atoms with Gasteiger partial charge in [-0.1, -0.05) is 30.4 Å². The summed E-state index contributed by atoms with van der Waals surface area (Å²) in [7, 11) is 1.71. The van der Waals surface area contributed by atoms with E-state index in [1.54, 1.807) is 18.0 Å². The summed E-state index contributed by atoms with van der Waals surface area (Å²) in [6, 6.07) is 7.91. The molecular formula is C31H33F3N2O4. The highest BCUT2D eigenvalue weighted by Gasteiger charge is 2.72. The summed E-state index contributed by atoms with van der Waals surface area (Å²) in [6.45, 7) is 1.78. The Labute approximate surface area is 231 Å². The van der Waals surface area contributed by atoms with E-state index in [0.717, 1.165) is 36.3 Å². The lowest BCUT2D eigenvalue weighted by Crippen LogP contribution is -2.76. The Kier molecular flexibility index (Phi) is 5.65. The Morgan fingerprint density at radius 2 is 1.93 bits per heavy atom. The number of likely N-dealkylation sites (N-methyl/N-ethyl adjacent to an activating group) is 1. The maximum absolute atomic E-state index is 13.4. The van der Waals surface area contributed by atoms with Gasteiger partial charge in [0.1, 0.15) is 11.7 Å². The van der Waals surface area contributed by atoms with Crippen LogP contribution in [0.15, 0.2) is 48.6 Å². The number of phenolic OH excluding ortho intramolecular Hbond substituents is 1. The number of phenols is 1. The minimum Gasteiger partial charge on any atom is -0.504 e. The highest BCUT2D eigenvalue weighted by atomic mass is 19.4. The molecule has 3 aliphatic carbocycles. The van der Waals surface area contributed by atoms with Gasteiger partial charge in [0.25, 0.3) is 0 Å². The lowest BCUT2D eigenvalue weighted by molar-refractivity contribution is -0.156. The van der Waals surface area contributed by atoms with Crippen LogP contribution in [-0.2, 0) is 29.2 Å². The van der Waals surface area contributed by atoms with Crippen molar-refractivity contribution in [1.82, 2.24) is 9.80 Å². The predicted octanol–water partition coefficient (Wildman–Crippen LogP) is 4.21. The fourth-order valence-corrected chi connectivity index (χ4v) is 7.81. The molecule has 7 rings (SSSR count). The molecule has 2 bridgehead atoms. The van der Waals surface area contributed by atoms with Gasteiger partial charge in [-0.15, -0.1) is 0 Å². The maximum atomic E-state index is 13.4. The molecule has 2 fully saturated rings. The Morgan fingerprint density at radius 1 is 1.18 bits per heavy atom. The molecule has 9 heteroatoms. The van der Waals surface area contributed by atoms with E-state index in [9.17, 15) is 28.2 Å². The van der Waals surface area contributed by atoms with E-state index in [1.165, 1.54) is 25.0 Å². The Morgan fingerprint density at radius 3 is 2.62 bits per heavy atom. The number of aliphatic hydroxyl groups is 1. The Balaban J connectivity index is 1.18. The van der Waals surface area contributed by atoms with E-state index < -0.39 is 34.9 Å². The number of benzene rings is 2. The van der Waals surface area contributed by atoms with Gasteiger partial charge in [-0.3, -0.25) is 9.69 Å². The number of hydrogen-bond donors (Lipinski definition) is 2. The molecule has 2 heterocycles. The van der Waals surface area contributed by atoms with E-state index in [2.05, 4.69) is 4.90 Å². The lowest BCUT2D eigenvalue weighted by atomic mass is 9.50. The van der Waals surface area contributed by atoms with Crippen LogP contribution < -0.4 is 4.74 Å². The SMILES string of the molecule is CN(C(=O)CCc1ccc(C(F)(F)F)cc1)C1C=C[C@@]2(O)[C@H]3Cc4ccc(O)c5c4[C@@]2(CCN3CC2CC2)C1O5. The van der Waals surface area contributed by atoms with Crippen LogP contribution in [-0.4, -0.2) is 69.8 Å². The topological polar surface area (TPSA) is 73.2 Å². The molecule has 40 heavy (non-hydrogen) atoms. The van der Waals surface area contributed by atoms with Gasteiger partial charge in [-0.05, 0) is 73.9 Å². The molecule has 1 saturated heterocycles. The molecule has 1 spiro atoms. The second-order valence-electron chi connectivity index (χ2n) is 12.2. The molecule has 5 aliphatic rings. The molecule has 2 aliphatic heterocycles. The first-order chi connectivity index (χ1) is 19.0. The summed E-state index contributed by atoms with van der Waals surface area (Å²) in [5.41, 5.74) is -0.0939. The fraction of sp³-hybridized carbons (Fsp3) is 0.516. The van der Waals surface area contributed by atoms with Crippen LogP contribution in [0, 0.1) is 5.92 Å². The van der Waals surface area contributed by atoms with Gasteiger partial charge in [-0.2, -0.15) is 13.2 Å². The van der Waals surface area contributed by atoms with Gasteiger partial charge >= 0.3 is 6.18 Å². The summed E-state index contributed by atoms with van der Waals surface area (Å²) in [6.07, 6.45) is 2.98. The fourth-order valence-electron chi connectivity index (χ4n) is 7.81. The number of amides is 1. The number of hydrogen-bond acceptors (Lipinski definition) is 5. The predicted molar refractivity (Wildman–Crippen MR) is 141 cm³/mol. The van der Waals surface area contributed by atoms with Crippen molar-refractivity contribution in [3.63, 3.8) is 0 Å². The molecular weight excluding hydrogens is 521 g/mol. The van der Waals surface area contributed by atoms with E-state index in [1.807, 2.05) is 18.2 Å². The minimum atomic E-state index is -4.40. The molecule has 2 aromatic rings. The number of piperidine rings is 1. The quantitative estimate of drug-likeness (QED) is 0.524. The van der Waals surface area contributed by atoms with Crippen LogP contribution in [0.1, 0.15) is 47.9 Å². The first-order valence-corrected chi connectivity index (χ1v) is 14.1. The second kappa shape index (κ2) is 8.73. The summed E-state index contributed by atoms with van der Waals surface area (Å²) in [5.74, 6) is 0.964. The molecule has 5 atom stereocenters. The van der Waals surface area contributed by atoms with E-state index in [0.29, 0.717) is 36.5 Å². The number of alkyl halides is 3. The van der Waals surface area contributed by atoms with Gasteiger partial charge in [0.15, 0.2) is 11.5 Å². The van der Waals surface area contributed by atoms with Crippen molar-refractivity contribution < 1.29 is 32.9 Å². The van der Waals surface area contributed by atoms with Crippen LogP contribution in [0.4, 0.5) is 13.2 Å². The Bertz CT molecular complexity index is 1390. The van der Waals surface area contributed by atoms with Crippen molar-refractivity contribution >= 4 is 5.91 Å². The summed E-state index contributed by atoms with van der Waals surface area (Å²) < 4.78 is 45.3. The average molecular weight is 555 g/mol. The molecule has 212 valence electrons. The lowest BCUT2D eigenvalue weighted by Gasteiger charge is -2.62. The van der Waals surface area contributed by atoms with Gasteiger partial charge < -0.3 is 19.8 Å². The van der Waals surface area contributed by atoms with Crippen molar-refractivity contribution in [1.29, 1.82) is 0 Å². The normalized spacial score (nSPS) is 32.0. The minimum absolute atomic E-state index is 0.0405. The zero-order valence-electron chi connectivity index (χ0n) is 22.3. The summed E-state index contributed by atoms with van der Waals surface area (Å²) in [4.78, 5) is 17.5. The largest absolute Gasteiger partial charge is 0.504 e. The number of halogens is 3. The number of likely N-dealkylation sites (tertiary alicyclic amines) is 1. The highest BCUT2D eigenvalue weighted by Crippen LogP contribution is 2.64. The van der Waals surface area contributed by atoms with Gasteiger partial charge in [0.05, 0.1) is 17.0 Å². The number of rotatable bonds is 6. The maximum Gasteiger partial charge on any atom is 0.416 e. The second-order valence-corrected chi connectivity index (χ2v) is 12.2. The Hall–Kier alpha value is -3.04. The standard InChI is InChI=1S/C31H33F3N2O4/c1-35(25(38)11-6-18-4-8-21(9-5-18)31(32,33)34)22-12-13-30(39)24-16-20-7-10-23(37)27-26(20)29(30,28(22)40-27)14-15-36(24)17-19-2-3-19/h4-5,7-10,12-13,19,22,24,28,37,39H,2-3,6,11,14-17H2,1H3/t22?,24-,28?,29+,30-/m1/s1. The van der Waals surface area contributed by atoms with Crippen molar-refractivity contribution in [2.45, 2.75) is 73.9 Å². The highest BCUT2D eigenvalue weighted by molar-refractivity contribution is 5.77. The van der Waals surface area contributed by atoms with Gasteiger partial charge in [0.2, 0.25) is 5.91 Å². The molecule has 1 amide bonds. The van der Waals surface area contributed by atoms with E-state index in [-0.39, 0.29) is 24.1 Å². The van der Waals surface area contributed by atoms with Crippen LogP contribution in [0.3, 0.4) is 0 Å². The zero-order chi connectivity index (χ0) is 28.0. The number of carbonyl (C=O) groups excluding carboxylic acids is 1. The molecule has 0 radical (unpaired) electrons. The third-order valence-electron chi connectivity index (χ3n) is 10.1. The van der Waals surface area contributed by atoms with Crippen molar-refractivity contribution in [2.75, 3.05) is 20.1 Å². The summed E-state index contributed by atoms with van der Waals surface area (Å²) >= 11 is 0. The first kappa shape index (κ1) is 25.9. The third-order valence-corrected chi connectivity index (χ3v) is 10.1. The van der Waals surface area contributed by atoms with Crippen molar-refractivity contribution in [3.8, 4) is 11.5 Å². The van der Waals surface area contributed by atoms with Crippen LogP contribution in [0.2, 0.25) is 0 Å². The van der Waals surface area contributed by atoms with E-state index in [4.69, 9.17) is 4.74 Å². The number of aromatic hydroxyl groups is 1. The molecule has 2 unspecified atom stereocenters. The molecule has 2 aromatic carbocycles. The van der Waals surface area contributed by atoms with Crippen molar-refractivity contribution in [2.24, 2.45) is 5.92 Å². The number of carbonyl (C=O) groups is 1. The van der Waals surface area contributed by atoms with Crippen LogP contribution in [0.5, 0.6) is 11.5 Å². The number of nitrogens with zero attached hydrogens (tertiary/aromatic N) is 2.